The average molecular weight is 605 g/mol. The van der Waals surface area contributed by atoms with Crippen LogP contribution in [0.15, 0.2) is 11.1 Å². The number of carbonyl (C=O) groups is 4. The van der Waals surface area contributed by atoms with Crippen molar-refractivity contribution in [2.75, 3.05) is 6.61 Å². The minimum Gasteiger partial charge on any atom is -0.466 e. The zero-order chi connectivity index (χ0) is 31.3. The summed E-state index contributed by atoms with van der Waals surface area (Å²) in [5.41, 5.74) is -6.15. The Labute approximate surface area is 249 Å². The number of fused-ring (bicyclic) bond motifs is 2. The van der Waals surface area contributed by atoms with Crippen LogP contribution in [0.2, 0.25) is 0 Å². The maximum absolute atomic E-state index is 14.8. The summed E-state index contributed by atoms with van der Waals surface area (Å²) in [4.78, 5) is 54.3. The highest BCUT2D eigenvalue weighted by Crippen LogP contribution is 2.70. The Bertz CT molecular complexity index is 1380. The number of hydrogen-bond donors (Lipinski definition) is 3. The van der Waals surface area contributed by atoms with E-state index in [4.69, 9.17) is 23.7 Å². The van der Waals surface area contributed by atoms with Crippen molar-refractivity contribution in [3.05, 3.63) is 11.1 Å². The number of aliphatic hydroxyl groups excluding tert-OH is 1. The van der Waals surface area contributed by atoms with Gasteiger partial charge in [-0.25, -0.2) is 4.79 Å². The fourth-order valence-corrected chi connectivity index (χ4v) is 9.94. The van der Waals surface area contributed by atoms with Crippen LogP contribution >= 0.6 is 0 Å². The third kappa shape index (κ3) is 3.42. The summed E-state index contributed by atoms with van der Waals surface area (Å²) in [6.07, 6.45) is -3.98. The first-order chi connectivity index (χ1) is 19.9. The molecule has 236 valence electrons. The summed E-state index contributed by atoms with van der Waals surface area (Å²) in [6.45, 7) is 9.90. The van der Waals surface area contributed by atoms with Gasteiger partial charge in [0.25, 0.3) is 0 Å². The Morgan fingerprint density at radius 3 is 2.40 bits per heavy atom. The molecule has 1 saturated carbocycles. The maximum atomic E-state index is 14.8. The molecule has 3 N–H and O–H groups in total. The van der Waals surface area contributed by atoms with Gasteiger partial charge in [0.2, 0.25) is 11.6 Å². The molecule has 2 spiro atoms. The highest BCUT2D eigenvalue weighted by molar-refractivity contribution is 6.00. The summed E-state index contributed by atoms with van der Waals surface area (Å²) in [6, 6.07) is 0. The number of esters is 2. The Kier molecular flexibility index (Phi) is 5.85. The van der Waals surface area contributed by atoms with Gasteiger partial charge in [-0.05, 0) is 65.0 Å². The minimum absolute atomic E-state index is 0.0572. The number of carbonyl (C=O) groups excluding carboxylic acids is 4. The summed E-state index contributed by atoms with van der Waals surface area (Å²) in [5.74, 6) is -7.92. The monoisotopic (exact) mass is 604 g/mol. The third-order valence-electron chi connectivity index (χ3n) is 11.7. The SMILES string of the molecule is CCOC(=O)CC1OC(C)(C)C2=C1CC13CCC4(C)C(=O)C(C)(O)C5C6OC(=O)C(C)(O)C6OC(O1)(C(=O)C3C(O)C2)C54. The molecule has 7 aliphatic rings. The Hall–Kier alpha value is -2.22. The zero-order valence-electron chi connectivity index (χ0n) is 25.3. The standard InChI is InChI=1S/C31H40O12/c1-7-39-17(33)11-16-13-12-30-9-8-27(4)21-19(28(5,37)24(27)35)20-23(29(6,38)25(36)40-20)42-31(21,43-30)22(34)18(30)15(32)10-14(13)26(2,3)41-16/h15-16,18-21,23,32,37-38H,7-12H2,1-6H3. The van der Waals surface area contributed by atoms with E-state index >= 15 is 0 Å². The van der Waals surface area contributed by atoms with Crippen LogP contribution in [0.1, 0.15) is 73.6 Å². The Morgan fingerprint density at radius 2 is 1.72 bits per heavy atom. The van der Waals surface area contributed by atoms with Crippen LogP contribution in [0.25, 0.3) is 0 Å². The number of rotatable bonds is 3. The van der Waals surface area contributed by atoms with Crippen molar-refractivity contribution in [1.29, 1.82) is 0 Å². The smallest absolute Gasteiger partial charge is 0.341 e. The number of aliphatic hydroxyl groups is 3. The van der Waals surface area contributed by atoms with E-state index in [9.17, 15) is 34.5 Å². The van der Waals surface area contributed by atoms with Gasteiger partial charge >= 0.3 is 11.9 Å². The van der Waals surface area contributed by atoms with E-state index in [0.717, 1.165) is 11.1 Å². The zero-order valence-corrected chi connectivity index (χ0v) is 25.3. The van der Waals surface area contributed by atoms with Crippen LogP contribution < -0.4 is 0 Å². The maximum Gasteiger partial charge on any atom is 0.341 e. The first-order valence-electron chi connectivity index (χ1n) is 15.2. The van der Waals surface area contributed by atoms with Crippen molar-refractivity contribution >= 4 is 23.5 Å². The molecule has 4 saturated heterocycles. The molecule has 5 heterocycles. The number of ether oxygens (including phenoxy) is 5. The number of Topliss-reactive ketones (excluding diaryl/α,β-unsaturated/α-hetero) is 2. The van der Waals surface area contributed by atoms with E-state index in [1.807, 2.05) is 13.8 Å². The molecular weight excluding hydrogens is 564 g/mol. The second-order valence-electron chi connectivity index (χ2n) is 14.7. The lowest BCUT2D eigenvalue weighted by Crippen LogP contribution is -2.67. The van der Waals surface area contributed by atoms with E-state index in [1.54, 1.807) is 13.8 Å². The topological polar surface area (TPSA) is 175 Å². The van der Waals surface area contributed by atoms with Crippen LogP contribution in [0, 0.1) is 23.2 Å². The van der Waals surface area contributed by atoms with Gasteiger partial charge in [-0.15, -0.1) is 0 Å². The Morgan fingerprint density at radius 1 is 1.02 bits per heavy atom. The van der Waals surface area contributed by atoms with Crippen molar-refractivity contribution in [3.8, 4) is 0 Å². The highest BCUT2D eigenvalue weighted by atomic mass is 16.7. The second kappa shape index (κ2) is 8.52. The lowest BCUT2D eigenvalue weighted by Gasteiger charge is -2.50. The molecule has 0 aromatic heterocycles. The van der Waals surface area contributed by atoms with Crippen molar-refractivity contribution in [2.45, 2.75) is 126 Å². The van der Waals surface area contributed by atoms with Gasteiger partial charge < -0.3 is 39.0 Å². The van der Waals surface area contributed by atoms with Gasteiger partial charge in [0, 0.05) is 23.7 Å². The summed E-state index contributed by atoms with van der Waals surface area (Å²) < 4.78 is 30.4. The molecule has 0 aromatic rings. The van der Waals surface area contributed by atoms with Gasteiger partial charge in [0.1, 0.15) is 17.8 Å². The van der Waals surface area contributed by atoms with Crippen LogP contribution in [0.4, 0.5) is 0 Å². The van der Waals surface area contributed by atoms with Gasteiger partial charge in [-0.2, -0.15) is 0 Å². The predicted octanol–water partition coefficient (Wildman–Crippen LogP) is 0.660. The molecule has 12 heteroatoms. The number of hydrogen-bond acceptors (Lipinski definition) is 12. The normalized spacial score (nSPS) is 52.6. The first kappa shape index (κ1) is 29.5. The molecular formula is C31H40O12. The summed E-state index contributed by atoms with van der Waals surface area (Å²) >= 11 is 0. The van der Waals surface area contributed by atoms with E-state index in [2.05, 4.69) is 0 Å². The molecule has 0 radical (unpaired) electrons. The lowest BCUT2D eigenvalue weighted by atomic mass is 9.60. The average Bonchev–Trinajstić information content (AvgIpc) is 3.35. The quantitative estimate of drug-likeness (QED) is 0.304. The predicted molar refractivity (Wildman–Crippen MR) is 143 cm³/mol. The van der Waals surface area contributed by atoms with Crippen LogP contribution in [-0.4, -0.2) is 98.0 Å². The third-order valence-corrected chi connectivity index (χ3v) is 11.7. The van der Waals surface area contributed by atoms with Crippen LogP contribution in [0.5, 0.6) is 0 Å². The fourth-order valence-electron chi connectivity index (χ4n) is 9.94. The van der Waals surface area contributed by atoms with Crippen molar-refractivity contribution in [3.63, 3.8) is 0 Å². The lowest BCUT2D eigenvalue weighted by molar-refractivity contribution is -0.341. The molecule has 7 rings (SSSR count). The molecule has 12 atom stereocenters. The van der Waals surface area contributed by atoms with Crippen LogP contribution in [0.3, 0.4) is 0 Å². The molecule has 2 bridgehead atoms. The molecule has 43 heavy (non-hydrogen) atoms. The molecule has 2 aliphatic carbocycles. The molecule has 0 aromatic carbocycles. The van der Waals surface area contributed by atoms with Crippen molar-refractivity contribution in [1.82, 2.24) is 0 Å². The van der Waals surface area contributed by atoms with Gasteiger partial charge in [-0.1, -0.05) is 6.92 Å². The highest BCUT2D eigenvalue weighted by Gasteiger charge is 2.85. The minimum atomic E-state index is -2.18. The van der Waals surface area contributed by atoms with Gasteiger partial charge in [0.05, 0.1) is 42.4 Å². The second-order valence-corrected chi connectivity index (χ2v) is 14.7. The molecule has 5 fully saturated rings. The van der Waals surface area contributed by atoms with Gasteiger partial charge in [-0.3, -0.25) is 14.4 Å². The van der Waals surface area contributed by atoms with E-state index in [0.29, 0.717) is 0 Å². The first-order valence-corrected chi connectivity index (χ1v) is 15.2. The Balaban J connectivity index is 1.39. The van der Waals surface area contributed by atoms with E-state index in [1.165, 1.54) is 13.8 Å². The van der Waals surface area contributed by atoms with Crippen molar-refractivity contribution in [2.24, 2.45) is 23.2 Å². The van der Waals surface area contributed by atoms with E-state index in [-0.39, 0.29) is 38.7 Å². The summed E-state index contributed by atoms with van der Waals surface area (Å²) in [7, 11) is 0. The molecule has 12 nitrogen and oxygen atoms in total. The summed E-state index contributed by atoms with van der Waals surface area (Å²) in [5, 5.41) is 34.7. The molecule has 0 amide bonds. The van der Waals surface area contributed by atoms with Gasteiger partial charge in [0.15, 0.2) is 11.4 Å². The number of ketones is 2. The fraction of sp³-hybridized carbons (Fsp3) is 0.806. The van der Waals surface area contributed by atoms with Crippen molar-refractivity contribution < 1.29 is 58.2 Å². The van der Waals surface area contributed by atoms with E-state index < -0.39 is 99.3 Å². The van der Waals surface area contributed by atoms with Crippen LogP contribution in [-0.2, 0) is 42.9 Å². The molecule has 5 aliphatic heterocycles. The largest absolute Gasteiger partial charge is 0.466 e. The molecule has 12 unspecified atom stereocenters.